The van der Waals surface area contributed by atoms with Crippen LogP contribution in [-0.4, -0.2) is 39.3 Å². The molecule has 0 unspecified atom stereocenters. The first-order valence-electron chi connectivity index (χ1n) is 7.97. The smallest absolute Gasteiger partial charge is 0.191 e. The third-order valence-corrected chi connectivity index (χ3v) is 4.49. The normalized spacial score (nSPS) is 16.4. The monoisotopic (exact) mass is 367 g/mol. The Bertz CT molecular complexity index is 500. The predicted octanol–water partition coefficient (Wildman–Crippen LogP) is 3.07. The fourth-order valence-electron chi connectivity index (χ4n) is 2.50. The molecule has 0 saturated heterocycles. The fourth-order valence-corrected chi connectivity index (χ4v) is 2.90. The lowest BCUT2D eigenvalue weighted by molar-refractivity contribution is 0.195. The minimum absolute atomic E-state index is 0.235. The van der Waals surface area contributed by atoms with Crippen molar-refractivity contribution in [1.82, 2.24) is 10.6 Å². The maximum atomic E-state index is 5.07. The first kappa shape index (κ1) is 17.3. The number of aliphatic imine (C=N–C) groups is 1. The first-order valence-corrected chi connectivity index (χ1v) is 8.76. The number of hydrogen-bond donors (Lipinski definition) is 2. The Balaban J connectivity index is 1.94. The lowest BCUT2D eigenvalue weighted by Gasteiger charge is -2.16. The van der Waals surface area contributed by atoms with Gasteiger partial charge in [-0.15, -0.1) is 0 Å². The second kappa shape index (κ2) is 8.53. The maximum Gasteiger partial charge on any atom is 0.191 e. The molecule has 1 fully saturated rings. The number of guanidine groups is 1. The van der Waals surface area contributed by atoms with Crippen molar-refractivity contribution < 1.29 is 4.74 Å². The van der Waals surface area contributed by atoms with Gasteiger partial charge in [0.05, 0.1) is 6.54 Å². The Morgan fingerprint density at radius 1 is 1.36 bits per heavy atom. The van der Waals surface area contributed by atoms with Crippen LogP contribution in [0.2, 0.25) is 0 Å². The van der Waals surface area contributed by atoms with E-state index in [2.05, 4.69) is 57.8 Å². The van der Waals surface area contributed by atoms with Crippen molar-refractivity contribution in [2.24, 2.45) is 4.99 Å². The van der Waals surface area contributed by atoms with Gasteiger partial charge in [0, 0.05) is 36.7 Å². The zero-order valence-corrected chi connectivity index (χ0v) is 15.1. The average Bonchev–Trinajstić information content (AvgIpc) is 3.30. The van der Waals surface area contributed by atoms with E-state index in [9.17, 15) is 0 Å². The van der Waals surface area contributed by atoms with Crippen molar-refractivity contribution in [3.8, 4) is 0 Å². The first-order chi connectivity index (χ1) is 10.7. The largest absolute Gasteiger partial charge is 0.385 e. The number of rotatable bonds is 8. The summed E-state index contributed by atoms with van der Waals surface area (Å²) in [5.41, 5.74) is 1.62. The summed E-state index contributed by atoms with van der Waals surface area (Å²) in [7, 11) is 1.73. The molecule has 0 spiro atoms. The van der Waals surface area contributed by atoms with Gasteiger partial charge in [0.1, 0.15) is 0 Å². The molecule has 0 bridgehead atoms. The van der Waals surface area contributed by atoms with Crippen molar-refractivity contribution in [3.05, 3.63) is 34.3 Å². The van der Waals surface area contributed by atoms with Gasteiger partial charge in [0.2, 0.25) is 0 Å². The van der Waals surface area contributed by atoms with Crippen LogP contribution in [0.5, 0.6) is 0 Å². The summed E-state index contributed by atoms with van der Waals surface area (Å²) < 4.78 is 6.22. The van der Waals surface area contributed by atoms with Crippen molar-refractivity contribution in [2.45, 2.75) is 31.6 Å². The molecule has 1 aliphatic rings. The van der Waals surface area contributed by atoms with Crippen LogP contribution >= 0.6 is 15.9 Å². The van der Waals surface area contributed by atoms with E-state index in [0.29, 0.717) is 0 Å². The summed E-state index contributed by atoms with van der Waals surface area (Å²) in [6, 6.07) is 8.62. The second-order valence-corrected chi connectivity index (χ2v) is 6.67. The summed E-state index contributed by atoms with van der Waals surface area (Å²) >= 11 is 3.56. The molecule has 0 heterocycles. The predicted molar refractivity (Wildman–Crippen MR) is 95.5 cm³/mol. The third kappa shape index (κ3) is 4.99. The highest BCUT2D eigenvalue weighted by molar-refractivity contribution is 9.10. The molecule has 1 saturated carbocycles. The van der Waals surface area contributed by atoms with Gasteiger partial charge in [0.25, 0.3) is 0 Å². The maximum absolute atomic E-state index is 5.07. The van der Waals surface area contributed by atoms with Gasteiger partial charge in [-0.05, 0) is 43.9 Å². The number of benzene rings is 1. The number of hydrogen-bond acceptors (Lipinski definition) is 2. The molecule has 4 nitrogen and oxygen atoms in total. The standard InChI is InChI=1S/C17H26BrN3O/c1-3-19-16(20-10-5-11-22-2)21-13-17(8-9-17)14-6-4-7-15(18)12-14/h4,6-7,12H,3,5,8-11,13H2,1-2H3,(H2,19,20,21). The van der Waals surface area contributed by atoms with Crippen molar-refractivity contribution in [1.29, 1.82) is 0 Å². The van der Waals surface area contributed by atoms with Crippen LogP contribution in [0, 0.1) is 0 Å². The summed E-state index contributed by atoms with van der Waals surface area (Å²) in [6.45, 7) is 5.45. The van der Waals surface area contributed by atoms with Crippen LogP contribution in [0.25, 0.3) is 0 Å². The van der Waals surface area contributed by atoms with Gasteiger partial charge in [-0.3, -0.25) is 4.99 Å². The molecule has 0 atom stereocenters. The van der Waals surface area contributed by atoms with E-state index < -0.39 is 0 Å². The zero-order valence-electron chi connectivity index (χ0n) is 13.5. The van der Waals surface area contributed by atoms with Crippen molar-refractivity contribution in [2.75, 3.05) is 33.4 Å². The van der Waals surface area contributed by atoms with E-state index in [-0.39, 0.29) is 5.41 Å². The van der Waals surface area contributed by atoms with E-state index in [4.69, 9.17) is 9.73 Å². The quantitative estimate of drug-likeness (QED) is 0.421. The molecule has 122 valence electrons. The Morgan fingerprint density at radius 2 is 2.18 bits per heavy atom. The van der Waals surface area contributed by atoms with E-state index in [1.807, 2.05) is 0 Å². The molecule has 2 N–H and O–H groups in total. The Hall–Kier alpha value is -1.07. The van der Waals surface area contributed by atoms with Gasteiger partial charge >= 0.3 is 0 Å². The van der Waals surface area contributed by atoms with Crippen molar-refractivity contribution in [3.63, 3.8) is 0 Å². The topological polar surface area (TPSA) is 45.7 Å². The number of methoxy groups -OCH3 is 1. The minimum atomic E-state index is 0.235. The molecule has 2 rings (SSSR count). The second-order valence-electron chi connectivity index (χ2n) is 5.76. The van der Waals surface area contributed by atoms with E-state index in [0.717, 1.165) is 43.1 Å². The highest BCUT2D eigenvalue weighted by Gasteiger charge is 2.44. The highest BCUT2D eigenvalue weighted by Crippen LogP contribution is 2.48. The van der Waals surface area contributed by atoms with Crippen LogP contribution in [-0.2, 0) is 10.2 Å². The number of nitrogens with zero attached hydrogens (tertiary/aromatic N) is 1. The lowest BCUT2D eigenvalue weighted by Crippen LogP contribution is -2.38. The molecule has 1 aromatic rings. The summed E-state index contributed by atoms with van der Waals surface area (Å²) in [5.74, 6) is 0.903. The van der Waals surface area contributed by atoms with Gasteiger partial charge in [-0.1, -0.05) is 28.1 Å². The SMILES string of the molecule is CCNC(=NCC1(c2cccc(Br)c2)CC1)NCCCOC. The van der Waals surface area contributed by atoms with Crippen LogP contribution in [0.15, 0.2) is 33.7 Å². The zero-order chi connectivity index (χ0) is 15.8. The third-order valence-electron chi connectivity index (χ3n) is 3.99. The van der Waals surface area contributed by atoms with Crippen molar-refractivity contribution >= 4 is 21.9 Å². The highest BCUT2D eigenvalue weighted by atomic mass is 79.9. The number of ether oxygens (including phenoxy) is 1. The Morgan fingerprint density at radius 3 is 2.82 bits per heavy atom. The van der Waals surface area contributed by atoms with Crippen LogP contribution in [0.4, 0.5) is 0 Å². The van der Waals surface area contributed by atoms with Gasteiger partial charge < -0.3 is 15.4 Å². The summed E-state index contributed by atoms with van der Waals surface area (Å²) in [6.07, 6.45) is 3.42. The van der Waals surface area contributed by atoms with Gasteiger partial charge in [0.15, 0.2) is 5.96 Å². The Kier molecular flexibility index (Phi) is 6.70. The fraction of sp³-hybridized carbons (Fsp3) is 0.588. The molecular weight excluding hydrogens is 342 g/mol. The molecular formula is C17H26BrN3O. The molecule has 1 aromatic carbocycles. The van der Waals surface area contributed by atoms with Crippen LogP contribution in [0.3, 0.4) is 0 Å². The Labute approximate surface area is 141 Å². The molecule has 0 aromatic heterocycles. The lowest BCUT2D eigenvalue weighted by atomic mass is 9.96. The van der Waals surface area contributed by atoms with Gasteiger partial charge in [-0.25, -0.2) is 0 Å². The molecule has 0 radical (unpaired) electrons. The molecule has 5 heteroatoms. The van der Waals surface area contributed by atoms with E-state index >= 15 is 0 Å². The van der Waals surface area contributed by atoms with Gasteiger partial charge in [-0.2, -0.15) is 0 Å². The van der Waals surface area contributed by atoms with Crippen LogP contribution in [0.1, 0.15) is 31.7 Å². The molecule has 1 aliphatic carbocycles. The summed E-state index contributed by atoms with van der Waals surface area (Å²) in [5, 5.41) is 6.68. The molecule has 0 aliphatic heterocycles. The molecule has 22 heavy (non-hydrogen) atoms. The average molecular weight is 368 g/mol. The number of nitrogens with one attached hydrogen (secondary N) is 2. The molecule has 0 amide bonds. The van der Waals surface area contributed by atoms with E-state index in [1.54, 1.807) is 7.11 Å². The minimum Gasteiger partial charge on any atom is -0.385 e. The van der Waals surface area contributed by atoms with Crippen LogP contribution < -0.4 is 10.6 Å². The summed E-state index contributed by atoms with van der Waals surface area (Å²) in [4.78, 5) is 4.79. The number of halogens is 1. The van der Waals surface area contributed by atoms with E-state index in [1.165, 1.54) is 18.4 Å².